The number of nitrogens with one attached hydrogen (secondary N) is 1. The summed E-state index contributed by atoms with van der Waals surface area (Å²) < 4.78 is 5.88. The third-order valence-electron chi connectivity index (χ3n) is 6.50. The maximum absolute atomic E-state index is 5.88. The van der Waals surface area contributed by atoms with E-state index >= 15 is 0 Å². The molecular formula is C16H31NO. The summed E-state index contributed by atoms with van der Waals surface area (Å²) in [5, 5.41) is 3.92. The second kappa shape index (κ2) is 4.21. The van der Waals surface area contributed by atoms with Crippen LogP contribution in [-0.2, 0) is 4.74 Å². The molecule has 2 aliphatic rings. The van der Waals surface area contributed by atoms with E-state index in [9.17, 15) is 0 Å². The van der Waals surface area contributed by atoms with Crippen LogP contribution in [0.1, 0.15) is 61.3 Å². The number of hydrogen-bond donors (Lipinski definition) is 1. The van der Waals surface area contributed by atoms with Gasteiger partial charge in [0.15, 0.2) is 0 Å². The van der Waals surface area contributed by atoms with Gasteiger partial charge in [-0.3, -0.25) is 0 Å². The van der Waals surface area contributed by atoms with E-state index in [-0.39, 0.29) is 0 Å². The lowest BCUT2D eigenvalue weighted by Gasteiger charge is -2.54. The Morgan fingerprint density at radius 3 is 2.00 bits per heavy atom. The Morgan fingerprint density at radius 2 is 1.61 bits per heavy atom. The van der Waals surface area contributed by atoms with E-state index < -0.39 is 0 Å². The molecule has 3 unspecified atom stereocenters. The molecule has 2 saturated carbocycles. The lowest BCUT2D eigenvalue weighted by atomic mass is 9.61. The van der Waals surface area contributed by atoms with Crippen molar-refractivity contribution in [2.75, 3.05) is 6.61 Å². The van der Waals surface area contributed by atoms with Crippen molar-refractivity contribution in [2.45, 2.75) is 79.5 Å². The fourth-order valence-electron chi connectivity index (χ4n) is 3.82. The van der Waals surface area contributed by atoms with Crippen LogP contribution in [0.15, 0.2) is 0 Å². The summed E-state index contributed by atoms with van der Waals surface area (Å²) in [4.78, 5) is 0. The Labute approximate surface area is 113 Å². The molecule has 0 heterocycles. The largest absolute Gasteiger partial charge is 0.378 e. The molecule has 0 amide bonds. The second-order valence-corrected chi connectivity index (χ2v) is 7.63. The van der Waals surface area contributed by atoms with Crippen LogP contribution < -0.4 is 5.32 Å². The highest BCUT2D eigenvalue weighted by Gasteiger charge is 2.66. The van der Waals surface area contributed by atoms with Crippen molar-refractivity contribution < 1.29 is 4.74 Å². The van der Waals surface area contributed by atoms with Crippen LogP contribution in [0, 0.1) is 16.2 Å². The highest BCUT2D eigenvalue weighted by molar-refractivity contribution is 5.20. The molecule has 0 spiro atoms. The molecule has 3 atom stereocenters. The van der Waals surface area contributed by atoms with Crippen molar-refractivity contribution in [3.63, 3.8) is 0 Å². The average Bonchev–Trinajstić information content (AvgIpc) is 2.68. The van der Waals surface area contributed by atoms with E-state index in [1.165, 1.54) is 12.8 Å². The Kier molecular flexibility index (Phi) is 3.35. The molecule has 2 heteroatoms. The van der Waals surface area contributed by atoms with Gasteiger partial charge in [0.2, 0.25) is 0 Å². The molecule has 0 aliphatic heterocycles. The van der Waals surface area contributed by atoms with Gasteiger partial charge in [0, 0.05) is 24.1 Å². The van der Waals surface area contributed by atoms with Gasteiger partial charge in [-0.05, 0) is 30.6 Å². The Morgan fingerprint density at radius 1 is 1.06 bits per heavy atom. The smallest absolute Gasteiger partial charge is 0.0658 e. The lowest BCUT2D eigenvalue weighted by Crippen LogP contribution is -2.63. The molecule has 2 fully saturated rings. The summed E-state index contributed by atoms with van der Waals surface area (Å²) in [6.45, 7) is 17.1. The van der Waals surface area contributed by atoms with E-state index in [1.807, 2.05) is 0 Å². The summed E-state index contributed by atoms with van der Waals surface area (Å²) in [5.74, 6) is 0. The first-order valence-electron chi connectivity index (χ1n) is 7.59. The van der Waals surface area contributed by atoms with Gasteiger partial charge >= 0.3 is 0 Å². The van der Waals surface area contributed by atoms with E-state index in [0.717, 1.165) is 6.61 Å². The molecule has 0 aromatic rings. The predicted octanol–water partition coefficient (Wildman–Crippen LogP) is 3.60. The summed E-state index contributed by atoms with van der Waals surface area (Å²) in [7, 11) is 0. The standard InChI is InChI=1S/C16H31NO/c1-8-16(7)11(10-12(16)18-9-2)17-13-14(3,4)15(13,5)6/h11-13,17H,8-10H2,1-7H3. The van der Waals surface area contributed by atoms with Crippen LogP contribution in [0.3, 0.4) is 0 Å². The molecule has 0 aromatic carbocycles. The average molecular weight is 253 g/mol. The fourth-order valence-corrected chi connectivity index (χ4v) is 3.82. The molecule has 0 bridgehead atoms. The van der Waals surface area contributed by atoms with E-state index in [1.54, 1.807) is 0 Å². The van der Waals surface area contributed by atoms with Crippen LogP contribution in [0.5, 0.6) is 0 Å². The Balaban J connectivity index is 1.97. The molecule has 18 heavy (non-hydrogen) atoms. The van der Waals surface area contributed by atoms with Crippen LogP contribution in [0.2, 0.25) is 0 Å². The third-order valence-corrected chi connectivity index (χ3v) is 6.50. The molecule has 2 nitrogen and oxygen atoms in total. The van der Waals surface area contributed by atoms with Gasteiger partial charge in [0.25, 0.3) is 0 Å². The van der Waals surface area contributed by atoms with Crippen molar-refractivity contribution in [3.8, 4) is 0 Å². The normalized spacial score (nSPS) is 41.5. The highest BCUT2D eigenvalue weighted by Crippen LogP contribution is 2.63. The lowest BCUT2D eigenvalue weighted by molar-refractivity contribution is -0.127. The zero-order valence-electron chi connectivity index (χ0n) is 13.3. The Bertz CT molecular complexity index is 309. The van der Waals surface area contributed by atoms with Crippen molar-refractivity contribution in [3.05, 3.63) is 0 Å². The van der Waals surface area contributed by atoms with Crippen LogP contribution in [-0.4, -0.2) is 24.8 Å². The first-order chi connectivity index (χ1) is 8.21. The molecule has 0 aromatic heterocycles. The van der Waals surface area contributed by atoms with Gasteiger partial charge in [-0.15, -0.1) is 0 Å². The van der Waals surface area contributed by atoms with E-state index in [2.05, 4.69) is 53.8 Å². The minimum atomic E-state index is 0.324. The first-order valence-corrected chi connectivity index (χ1v) is 7.59. The molecule has 106 valence electrons. The van der Waals surface area contributed by atoms with Crippen molar-refractivity contribution >= 4 is 0 Å². The summed E-state index contributed by atoms with van der Waals surface area (Å²) in [6.07, 6.45) is 2.83. The van der Waals surface area contributed by atoms with E-state index in [4.69, 9.17) is 4.74 Å². The topological polar surface area (TPSA) is 21.3 Å². The van der Waals surface area contributed by atoms with Crippen molar-refractivity contribution in [1.82, 2.24) is 5.32 Å². The zero-order valence-corrected chi connectivity index (χ0v) is 13.3. The molecule has 0 radical (unpaired) electrons. The van der Waals surface area contributed by atoms with Gasteiger partial charge in [-0.25, -0.2) is 0 Å². The van der Waals surface area contributed by atoms with E-state index in [0.29, 0.717) is 34.4 Å². The van der Waals surface area contributed by atoms with Crippen molar-refractivity contribution in [2.24, 2.45) is 16.2 Å². The second-order valence-electron chi connectivity index (χ2n) is 7.63. The van der Waals surface area contributed by atoms with Crippen molar-refractivity contribution in [1.29, 1.82) is 0 Å². The SMILES string of the molecule is CCOC1CC(NC2C(C)(C)C2(C)C)C1(C)CC. The summed E-state index contributed by atoms with van der Waals surface area (Å²) >= 11 is 0. The number of rotatable bonds is 5. The fraction of sp³-hybridized carbons (Fsp3) is 1.00. The van der Waals surface area contributed by atoms with Gasteiger partial charge in [-0.2, -0.15) is 0 Å². The van der Waals surface area contributed by atoms with Gasteiger partial charge in [0.05, 0.1) is 6.10 Å². The summed E-state index contributed by atoms with van der Waals surface area (Å²) in [6, 6.07) is 1.29. The molecule has 2 aliphatic carbocycles. The predicted molar refractivity (Wildman–Crippen MR) is 76.7 cm³/mol. The Hall–Kier alpha value is -0.0800. The maximum atomic E-state index is 5.88. The van der Waals surface area contributed by atoms with Crippen LogP contribution in [0.4, 0.5) is 0 Å². The zero-order chi connectivity index (χ0) is 13.8. The first kappa shape index (κ1) is 14.3. The van der Waals surface area contributed by atoms with Gasteiger partial charge < -0.3 is 10.1 Å². The minimum Gasteiger partial charge on any atom is -0.378 e. The third kappa shape index (κ3) is 1.76. The number of ether oxygens (including phenoxy) is 1. The van der Waals surface area contributed by atoms with Gasteiger partial charge in [0.1, 0.15) is 0 Å². The maximum Gasteiger partial charge on any atom is 0.0658 e. The van der Waals surface area contributed by atoms with Gasteiger partial charge in [-0.1, -0.05) is 41.5 Å². The minimum absolute atomic E-state index is 0.324. The molecule has 2 rings (SSSR count). The quantitative estimate of drug-likeness (QED) is 0.808. The summed E-state index contributed by atoms with van der Waals surface area (Å²) in [5.41, 5.74) is 1.18. The van der Waals surface area contributed by atoms with Crippen LogP contribution >= 0.6 is 0 Å². The molecular weight excluding hydrogens is 222 g/mol. The van der Waals surface area contributed by atoms with Crippen LogP contribution in [0.25, 0.3) is 0 Å². The monoisotopic (exact) mass is 253 g/mol. The number of hydrogen-bond acceptors (Lipinski definition) is 2. The highest BCUT2D eigenvalue weighted by atomic mass is 16.5. The molecule has 1 N–H and O–H groups in total. The molecule has 0 saturated heterocycles.